The van der Waals surface area contributed by atoms with Gasteiger partial charge in [-0.15, -0.1) is 11.3 Å². The van der Waals surface area contributed by atoms with Crippen LogP contribution in [0.2, 0.25) is 0 Å². The molecule has 2 heterocycles. The lowest BCUT2D eigenvalue weighted by Crippen LogP contribution is -2.20. The van der Waals surface area contributed by atoms with Gasteiger partial charge in [0.1, 0.15) is 10.6 Å². The molecule has 26 heavy (non-hydrogen) atoms. The van der Waals surface area contributed by atoms with E-state index in [0.29, 0.717) is 16.3 Å². The van der Waals surface area contributed by atoms with Gasteiger partial charge in [-0.3, -0.25) is 10.1 Å². The molecule has 7 nitrogen and oxygen atoms in total. The molecule has 1 N–H and O–H groups in total. The first kappa shape index (κ1) is 17.8. The number of ether oxygens (including phenoxy) is 1. The normalized spacial score (nSPS) is 10.6. The first-order chi connectivity index (χ1) is 12.4. The smallest absolute Gasteiger partial charge is 0.350 e. The molecule has 0 aliphatic heterocycles. The molecule has 0 aliphatic carbocycles. The maximum Gasteiger partial charge on any atom is 0.350 e. The number of hydrogen-bond acceptors (Lipinski definition) is 7. The Labute approximate surface area is 154 Å². The van der Waals surface area contributed by atoms with Crippen LogP contribution in [-0.2, 0) is 9.53 Å². The number of carbonyl (C=O) groups is 2. The highest BCUT2D eigenvalue weighted by Crippen LogP contribution is 2.22. The minimum atomic E-state index is -0.568. The van der Waals surface area contributed by atoms with Crippen molar-refractivity contribution < 1.29 is 18.8 Å². The van der Waals surface area contributed by atoms with Crippen molar-refractivity contribution in [1.82, 2.24) is 10.1 Å². The van der Waals surface area contributed by atoms with Gasteiger partial charge in [-0.05, 0) is 20.8 Å². The summed E-state index contributed by atoms with van der Waals surface area (Å²) in [4.78, 5) is 28.5. The van der Waals surface area contributed by atoms with Crippen LogP contribution >= 0.6 is 11.3 Å². The van der Waals surface area contributed by atoms with Crippen LogP contribution in [-0.4, -0.2) is 28.6 Å². The third-order valence-corrected chi connectivity index (χ3v) is 4.60. The molecule has 8 heteroatoms. The molecule has 2 aromatic heterocycles. The third kappa shape index (κ3) is 4.15. The first-order valence-corrected chi connectivity index (χ1v) is 8.69. The van der Waals surface area contributed by atoms with Gasteiger partial charge >= 0.3 is 5.97 Å². The molecule has 0 bridgehead atoms. The number of anilines is 1. The number of nitrogens with one attached hydrogen (secondary N) is 1. The van der Waals surface area contributed by atoms with Crippen molar-refractivity contribution in [2.45, 2.75) is 20.8 Å². The van der Waals surface area contributed by atoms with Crippen molar-refractivity contribution in [2.24, 2.45) is 0 Å². The molecule has 0 fully saturated rings. The first-order valence-electron chi connectivity index (χ1n) is 7.87. The van der Waals surface area contributed by atoms with E-state index in [9.17, 15) is 9.59 Å². The molecule has 0 spiro atoms. The topological polar surface area (TPSA) is 94.3 Å². The van der Waals surface area contributed by atoms with Gasteiger partial charge in [0, 0.05) is 11.6 Å². The van der Waals surface area contributed by atoms with Gasteiger partial charge in [0.15, 0.2) is 6.61 Å². The number of hydrogen-bond donors (Lipinski definition) is 1. The third-order valence-electron chi connectivity index (χ3n) is 3.54. The summed E-state index contributed by atoms with van der Waals surface area (Å²) in [6, 6.07) is 9.37. The predicted molar refractivity (Wildman–Crippen MR) is 97.2 cm³/mol. The Kier molecular flexibility index (Phi) is 5.13. The summed E-state index contributed by atoms with van der Waals surface area (Å²) in [5, 5.41) is 7.20. The summed E-state index contributed by atoms with van der Waals surface area (Å²) < 4.78 is 10.1. The molecule has 0 atom stereocenters. The van der Waals surface area contributed by atoms with Gasteiger partial charge in [0.25, 0.3) is 5.91 Å². The molecule has 0 radical (unpaired) electrons. The number of carbonyl (C=O) groups excluding carboxylic acids is 2. The maximum atomic E-state index is 12.0. The van der Waals surface area contributed by atoms with Crippen LogP contribution < -0.4 is 5.32 Å². The van der Waals surface area contributed by atoms with Gasteiger partial charge in [-0.1, -0.05) is 35.0 Å². The highest BCUT2D eigenvalue weighted by molar-refractivity contribution is 7.13. The van der Waals surface area contributed by atoms with E-state index in [-0.39, 0.29) is 5.88 Å². The van der Waals surface area contributed by atoms with E-state index >= 15 is 0 Å². The van der Waals surface area contributed by atoms with E-state index in [1.54, 1.807) is 19.9 Å². The number of benzene rings is 1. The lowest BCUT2D eigenvalue weighted by atomic mass is 10.1. The van der Waals surface area contributed by atoms with Crippen LogP contribution in [0.5, 0.6) is 0 Å². The van der Waals surface area contributed by atoms with Crippen molar-refractivity contribution in [3.63, 3.8) is 0 Å². The fourth-order valence-electron chi connectivity index (χ4n) is 2.29. The number of nitrogens with zero attached hydrogens (tertiary/aromatic N) is 2. The van der Waals surface area contributed by atoms with Gasteiger partial charge in [-0.2, -0.15) is 0 Å². The van der Waals surface area contributed by atoms with E-state index in [0.717, 1.165) is 16.1 Å². The molecule has 0 unspecified atom stereocenters. The second kappa shape index (κ2) is 7.49. The summed E-state index contributed by atoms with van der Waals surface area (Å²) in [6.07, 6.45) is 0. The summed E-state index contributed by atoms with van der Waals surface area (Å²) in [6.45, 7) is 5.10. The summed E-state index contributed by atoms with van der Waals surface area (Å²) in [5.41, 5.74) is 3.21. The summed E-state index contributed by atoms with van der Waals surface area (Å²) in [7, 11) is 0. The van der Waals surface area contributed by atoms with Crippen LogP contribution in [0.1, 0.15) is 25.9 Å². The van der Waals surface area contributed by atoms with E-state index in [1.807, 2.05) is 31.2 Å². The van der Waals surface area contributed by atoms with E-state index in [1.165, 1.54) is 11.3 Å². The molecule has 134 valence electrons. The fourth-order valence-corrected chi connectivity index (χ4v) is 3.10. The molecule has 3 aromatic rings. The number of thiazole rings is 1. The second-order valence-electron chi connectivity index (χ2n) is 5.71. The van der Waals surface area contributed by atoms with Crippen LogP contribution in [0.3, 0.4) is 0 Å². The standard InChI is InChI=1S/C18H17N3O4S/c1-10-4-6-13(7-5-10)14-8-16(25-21-14)20-15(22)9-24-18(23)17-11(2)19-12(3)26-17/h4-8H,9H2,1-3H3,(H,20,22). The minimum absolute atomic E-state index is 0.187. The Balaban J connectivity index is 1.56. The molecule has 0 saturated carbocycles. The molecule has 1 amide bonds. The SMILES string of the molecule is Cc1ccc(-c2cc(NC(=O)COC(=O)c3sc(C)nc3C)on2)cc1. The Bertz CT molecular complexity index is 944. The highest BCUT2D eigenvalue weighted by Gasteiger charge is 2.17. The molecule has 1 aromatic carbocycles. The maximum absolute atomic E-state index is 12.0. The van der Waals surface area contributed by atoms with Crippen LogP contribution in [0.4, 0.5) is 5.88 Å². The van der Waals surface area contributed by atoms with Crippen molar-refractivity contribution >= 4 is 29.1 Å². The summed E-state index contributed by atoms with van der Waals surface area (Å²) in [5.74, 6) is -0.892. The van der Waals surface area contributed by atoms with Crippen molar-refractivity contribution in [3.8, 4) is 11.3 Å². The number of aromatic nitrogens is 2. The van der Waals surface area contributed by atoms with Gasteiger partial charge in [0.05, 0.1) is 10.7 Å². The average molecular weight is 371 g/mol. The van der Waals surface area contributed by atoms with E-state index < -0.39 is 18.5 Å². The molecule has 3 rings (SSSR count). The molecule has 0 aliphatic rings. The van der Waals surface area contributed by atoms with Crippen LogP contribution in [0.25, 0.3) is 11.3 Å². The molecular weight excluding hydrogens is 354 g/mol. The van der Waals surface area contributed by atoms with E-state index in [2.05, 4.69) is 15.5 Å². The Morgan fingerprint density at radius 3 is 2.58 bits per heavy atom. The highest BCUT2D eigenvalue weighted by atomic mass is 32.1. The molecular formula is C18H17N3O4S. The largest absolute Gasteiger partial charge is 0.451 e. The zero-order valence-corrected chi connectivity index (χ0v) is 15.3. The minimum Gasteiger partial charge on any atom is -0.451 e. The Morgan fingerprint density at radius 1 is 1.19 bits per heavy atom. The van der Waals surface area contributed by atoms with Crippen LogP contribution in [0.15, 0.2) is 34.9 Å². The quantitative estimate of drug-likeness (QED) is 0.690. The number of aryl methyl sites for hydroxylation is 3. The van der Waals surface area contributed by atoms with Crippen molar-refractivity contribution in [1.29, 1.82) is 0 Å². The predicted octanol–water partition coefficient (Wildman–Crippen LogP) is 3.52. The van der Waals surface area contributed by atoms with Crippen LogP contribution in [0, 0.1) is 20.8 Å². The summed E-state index contributed by atoms with van der Waals surface area (Å²) >= 11 is 1.23. The zero-order valence-electron chi connectivity index (χ0n) is 14.5. The number of amides is 1. The Morgan fingerprint density at radius 2 is 1.92 bits per heavy atom. The monoisotopic (exact) mass is 371 g/mol. The lowest BCUT2D eigenvalue weighted by Gasteiger charge is -2.03. The van der Waals surface area contributed by atoms with Gasteiger partial charge < -0.3 is 9.26 Å². The van der Waals surface area contributed by atoms with E-state index in [4.69, 9.17) is 9.26 Å². The van der Waals surface area contributed by atoms with Gasteiger partial charge in [0.2, 0.25) is 5.88 Å². The zero-order chi connectivity index (χ0) is 18.7. The van der Waals surface area contributed by atoms with Gasteiger partial charge in [-0.25, -0.2) is 9.78 Å². The van der Waals surface area contributed by atoms with Crippen molar-refractivity contribution in [3.05, 3.63) is 51.5 Å². The second-order valence-corrected chi connectivity index (χ2v) is 6.92. The lowest BCUT2D eigenvalue weighted by molar-refractivity contribution is -0.119. The molecule has 0 saturated heterocycles. The van der Waals surface area contributed by atoms with Crippen molar-refractivity contribution in [2.75, 3.05) is 11.9 Å². The fraction of sp³-hybridized carbons (Fsp3) is 0.222. The average Bonchev–Trinajstić information content (AvgIpc) is 3.19. The Hall–Kier alpha value is -3.00. The number of esters is 1. The number of rotatable bonds is 5.